The molecule has 1 aromatic carbocycles. The molecule has 3 N–H and O–H groups in total. The van der Waals surface area contributed by atoms with Gasteiger partial charge in [-0.25, -0.2) is 0 Å². The molecule has 2 aromatic rings. The smallest absolute Gasteiger partial charge is 0.294 e. The summed E-state index contributed by atoms with van der Waals surface area (Å²) in [5, 5.41) is 18.2. The molecule has 1 amide bonds. The van der Waals surface area contributed by atoms with E-state index in [-0.39, 0.29) is 19.1 Å². The van der Waals surface area contributed by atoms with Crippen molar-refractivity contribution in [1.82, 2.24) is 9.80 Å². The minimum absolute atomic E-state index is 0.0197. The van der Waals surface area contributed by atoms with E-state index in [4.69, 9.17) is 25.9 Å². The Balaban J connectivity index is 0.000000247. The number of rotatable bonds is 11. The lowest BCUT2D eigenvalue weighted by Gasteiger charge is -2.34. The van der Waals surface area contributed by atoms with Gasteiger partial charge in [-0.1, -0.05) is 11.6 Å². The number of ether oxygens (including phenoxy) is 1. The first-order chi connectivity index (χ1) is 16.9. The monoisotopic (exact) mass is 529 g/mol. The molecule has 1 aliphatic heterocycles. The van der Waals surface area contributed by atoms with Gasteiger partial charge in [-0.3, -0.25) is 19.6 Å². The van der Waals surface area contributed by atoms with E-state index >= 15 is 0 Å². The first-order valence-corrected chi connectivity index (χ1v) is 11.8. The highest BCUT2D eigenvalue weighted by atomic mass is 35.5. The average molecular weight is 530 g/mol. The van der Waals surface area contributed by atoms with Crippen LogP contribution in [0.15, 0.2) is 39.8 Å². The molecular formula is C21H28ClN5O7S. The SMILES string of the molecule is COCC(=O)N1CCN(CCO[N+](=O)[O-])CC1.NSc1cc(C=O)c(NCc2ccco2)cc1Cl. The summed E-state index contributed by atoms with van der Waals surface area (Å²) in [6, 6.07) is 6.99. The number of hydrogen-bond donors (Lipinski definition) is 2. The number of halogens is 1. The van der Waals surface area contributed by atoms with E-state index in [9.17, 15) is 19.7 Å². The summed E-state index contributed by atoms with van der Waals surface area (Å²) < 4.78 is 9.97. The second-order valence-corrected chi connectivity index (χ2v) is 8.33. The zero-order valence-corrected chi connectivity index (χ0v) is 20.8. The number of nitrogens with two attached hydrogens (primary N) is 1. The van der Waals surface area contributed by atoms with Crippen LogP contribution in [0.4, 0.5) is 5.69 Å². The van der Waals surface area contributed by atoms with E-state index in [1.165, 1.54) is 7.11 Å². The molecule has 0 spiro atoms. The second kappa shape index (κ2) is 15.2. The van der Waals surface area contributed by atoms with Gasteiger partial charge in [0.05, 0.1) is 17.8 Å². The van der Waals surface area contributed by atoms with Crippen molar-refractivity contribution in [3.63, 3.8) is 0 Å². The van der Waals surface area contributed by atoms with Gasteiger partial charge in [0, 0.05) is 56.0 Å². The summed E-state index contributed by atoms with van der Waals surface area (Å²) in [5.41, 5.74) is 1.17. The predicted molar refractivity (Wildman–Crippen MR) is 131 cm³/mol. The number of hydrogen-bond acceptors (Lipinski definition) is 11. The number of piperazine rings is 1. The van der Waals surface area contributed by atoms with Crippen LogP contribution < -0.4 is 10.5 Å². The zero-order valence-electron chi connectivity index (χ0n) is 19.2. The molecule has 14 heteroatoms. The minimum atomic E-state index is -0.793. The van der Waals surface area contributed by atoms with Gasteiger partial charge >= 0.3 is 0 Å². The molecule has 0 unspecified atom stereocenters. The van der Waals surface area contributed by atoms with Crippen molar-refractivity contribution in [2.75, 3.05) is 58.4 Å². The number of nitrogens with zero attached hydrogens (tertiary/aromatic N) is 3. The average Bonchev–Trinajstić information content (AvgIpc) is 3.37. The Hall–Kier alpha value is -2.84. The molecule has 0 radical (unpaired) electrons. The van der Waals surface area contributed by atoms with Gasteiger partial charge in [0.25, 0.3) is 5.09 Å². The van der Waals surface area contributed by atoms with Crippen LogP contribution in [0.25, 0.3) is 0 Å². The highest BCUT2D eigenvalue weighted by molar-refractivity contribution is 7.97. The number of benzene rings is 1. The van der Waals surface area contributed by atoms with E-state index in [0.29, 0.717) is 60.4 Å². The quantitative estimate of drug-likeness (QED) is 0.191. The summed E-state index contributed by atoms with van der Waals surface area (Å²) in [7, 11) is 1.49. The van der Waals surface area contributed by atoms with Gasteiger partial charge in [0.1, 0.15) is 19.0 Å². The maximum Gasteiger partial charge on any atom is 0.294 e. The fourth-order valence-corrected chi connectivity index (χ4v) is 3.85. The van der Waals surface area contributed by atoms with Crippen LogP contribution in [0.2, 0.25) is 5.02 Å². The molecule has 0 aliphatic carbocycles. The number of carbonyl (C=O) groups is 2. The van der Waals surface area contributed by atoms with Gasteiger partial charge in [-0.2, -0.15) is 0 Å². The summed E-state index contributed by atoms with van der Waals surface area (Å²) in [6.45, 7) is 3.82. The lowest BCUT2D eigenvalue weighted by atomic mass is 10.2. The number of amides is 1. The first-order valence-electron chi connectivity index (χ1n) is 10.6. The van der Waals surface area contributed by atoms with E-state index in [0.717, 1.165) is 24.0 Å². The molecule has 35 heavy (non-hydrogen) atoms. The number of methoxy groups -OCH3 is 1. The van der Waals surface area contributed by atoms with Crippen molar-refractivity contribution < 1.29 is 28.7 Å². The van der Waals surface area contributed by atoms with E-state index in [1.807, 2.05) is 11.0 Å². The molecule has 0 bridgehead atoms. The number of aldehydes is 1. The number of nitrogens with one attached hydrogen (secondary N) is 1. The molecule has 0 saturated carbocycles. The predicted octanol–water partition coefficient (Wildman–Crippen LogP) is 2.31. The fourth-order valence-electron chi connectivity index (χ4n) is 3.19. The molecule has 192 valence electrons. The number of anilines is 1. The Morgan fingerprint density at radius 2 is 2.11 bits per heavy atom. The molecule has 12 nitrogen and oxygen atoms in total. The molecule has 1 aromatic heterocycles. The zero-order chi connectivity index (χ0) is 25.6. The Morgan fingerprint density at radius 1 is 1.37 bits per heavy atom. The van der Waals surface area contributed by atoms with Crippen LogP contribution in [0.5, 0.6) is 0 Å². The highest BCUT2D eigenvalue weighted by Gasteiger charge is 2.20. The molecule has 3 rings (SSSR count). The first kappa shape index (κ1) is 28.4. The molecule has 1 aliphatic rings. The van der Waals surface area contributed by atoms with Gasteiger partial charge in [-0.15, -0.1) is 10.1 Å². The van der Waals surface area contributed by atoms with Crippen LogP contribution in [0, 0.1) is 10.1 Å². The van der Waals surface area contributed by atoms with Gasteiger partial charge < -0.3 is 24.2 Å². The van der Waals surface area contributed by atoms with Crippen molar-refractivity contribution in [2.45, 2.75) is 11.4 Å². The van der Waals surface area contributed by atoms with Crippen molar-refractivity contribution in [3.05, 3.63) is 57.0 Å². The maximum absolute atomic E-state index is 11.5. The second-order valence-electron chi connectivity index (χ2n) is 7.25. The lowest BCUT2D eigenvalue weighted by Crippen LogP contribution is -2.50. The summed E-state index contributed by atoms with van der Waals surface area (Å²) in [6.07, 6.45) is 2.36. The molecule has 2 heterocycles. The van der Waals surface area contributed by atoms with E-state index in [2.05, 4.69) is 10.2 Å². The van der Waals surface area contributed by atoms with Crippen molar-refractivity contribution in [3.8, 4) is 0 Å². The standard InChI is InChI=1S/C12H11ClN2O2S.C9H17N3O5/c13-10-5-11(8(7-16)4-12(10)18-14)15-6-9-2-1-3-17-9;1-16-8-9(13)11-4-2-10(3-5-11)6-7-17-12(14)15/h1-5,7,15H,6,14H2;2-8H2,1H3. The van der Waals surface area contributed by atoms with Crippen LogP contribution in [-0.2, 0) is 20.9 Å². The Kier molecular flexibility index (Phi) is 12.3. The van der Waals surface area contributed by atoms with E-state index in [1.54, 1.807) is 29.4 Å². The Morgan fingerprint density at radius 3 is 2.69 bits per heavy atom. The highest BCUT2D eigenvalue weighted by Crippen LogP contribution is 2.29. The minimum Gasteiger partial charge on any atom is -0.467 e. The van der Waals surface area contributed by atoms with Gasteiger partial charge in [0.2, 0.25) is 5.91 Å². The number of carbonyl (C=O) groups excluding carboxylic acids is 2. The summed E-state index contributed by atoms with van der Waals surface area (Å²) in [5.74, 6) is 0.758. The van der Waals surface area contributed by atoms with Crippen LogP contribution in [0.3, 0.4) is 0 Å². The summed E-state index contributed by atoms with van der Waals surface area (Å²) in [4.78, 5) is 41.1. The molecular weight excluding hydrogens is 502 g/mol. The van der Waals surface area contributed by atoms with Gasteiger partial charge in [0.15, 0.2) is 6.29 Å². The van der Waals surface area contributed by atoms with Crippen molar-refractivity contribution in [1.29, 1.82) is 0 Å². The third kappa shape index (κ3) is 9.74. The summed E-state index contributed by atoms with van der Waals surface area (Å²) >= 11 is 7.05. The third-order valence-corrected chi connectivity index (χ3v) is 6.00. The molecule has 1 fully saturated rings. The van der Waals surface area contributed by atoms with Gasteiger partial charge in [-0.05, 0) is 36.2 Å². The fraction of sp³-hybridized carbons (Fsp3) is 0.429. The molecule has 0 atom stereocenters. The van der Waals surface area contributed by atoms with Crippen LogP contribution in [0.1, 0.15) is 16.1 Å². The lowest BCUT2D eigenvalue weighted by molar-refractivity contribution is -0.757. The third-order valence-electron chi connectivity index (χ3n) is 4.99. The Labute approximate surface area is 211 Å². The van der Waals surface area contributed by atoms with Crippen LogP contribution in [-0.4, -0.2) is 80.1 Å². The largest absolute Gasteiger partial charge is 0.467 e. The van der Waals surface area contributed by atoms with Crippen molar-refractivity contribution in [2.24, 2.45) is 5.14 Å². The normalized spacial score (nSPS) is 13.5. The Bertz CT molecular complexity index is 956. The maximum atomic E-state index is 11.5. The van der Waals surface area contributed by atoms with Crippen LogP contribution >= 0.6 is 23.5 Å². The molecule has 1 saturated heterocycles. The topological polar surface area (TPSA) is 153 Å². The number of furan rings is 1. The van der Waals surface area contributed by atoms with Crippen molar-refractivity contribution >= 4 is 41.4 Å². The van der Waals surface area contributed by atoms with E-state index < -0.39 is 5.09 Å².